The number of aromatic nitrogens is 1. The topological polar surface area (TPSA) is 42.0 Å². The fraction of sp³-hybridized carbons (Fsp3) is 0.357. The van der Waals surface area contributed by atoms with Crippen molar-refractivity contribution in [1.29, 1.82) is 0 Å². The Kier molecular flexibility index (Phi) is 7.35. The predicted octanol–water partition coefficient (Wildman–Crippen LogP) is 7.59. The minimum atomic E-state index is -4.98. The first-order valence-electron chi connectivity index (χ1n) is 12.0. The molecule has 3 aromatic rings. The zero-order chi connectivity index (χ0) is 26.8. The van der Waals surface area contributed by atoms with Crippen LogP contribution >= 0.6 is 0 Å². The van der Waals surface area contributed by atoms with Gasteiger partial charge in [-0.1, -0.05) is 36.4 Å². The molecule has 1 heterocycles. The molecule has 0 saturated heterocycles. The maximum atomic E-state index is 13.4. The number of pyridine rings is 1. The van der Waals surface area contributed by atoms with Crippen LogP contribution in [0.15, 0.2) is 73.1 Å². The van der Waals surface area contributed by atoms with Gasteiger partial charge in [0.15, 0.2) is 0 Å². The van der Waals surface area contributed by atoms with Gasteiger partial charge in [0.2, 0.25) is 5.91 Å². The van der Waals surface area contributed by atoms with E-state index in [1.165, 1.54) is 6.92 Å². The molecule has 0 radical (unpaired) electrons. The molecule has 196 valence electrons. The van der Waals surface area contributed by atoms with E-state index >= 15 is 0 Å². The molecule has 1 unspecified atom stereocenters. The van der Waals surface area contributed by atoms with Gasteiger partial charge in [0.1, 0.15) is 0 Å². The lowest BCUT2D eigenvalue weighted by molar-refractivity contribution is -0.143. The Morgan fingerprint density at radius 2 is 1.51 bits per heavy atom. The zero-order valence-electron chi connectivity index (χ0n) is 20.0. The first kappa shape index (κ1) is 26.7. The van der Waals surface area contributed by atoms with Gasteiger partial charge in [-0.05, 0) is 79.5 Å². The van der Waals surface area contributed by atoms with Crippen molar-refractivity contribution in [3.63, 3.8) is 0 Å². The van der Waals surface area contributed by atoms with Crippen molar-refractivity contribution in [2.45, 2.75) is 62.3 Å². The van der Waals surface area contributed by atoms with Crippen molar-refractivity contribution in [2.75, 3.05) is 0 Å². The highest BCUT2D eigenvalue weighted by Gasteiger charge is 2.41. The lowest BCUT2D eigenvalue weighted by Crippen LogP contribution is -2.49. The van der Waals surface area contributed by atoms with Gasteiger partial charge in [0.05, 0.1) is 22.6 Å². The van der Waals surface area contributed by atoms with Gasteiger partial charge in [-0.15, -0.1) is 0 Å². The van der Waals surface area contributed by atoms with Crippen molar-refractivity contribution < 1.29 is 31.1 Å². The van der Waals surface area contributed by atoms with Gasteiger partial charge in [-0.2, -0.15) is 26.3 Å². The lowest BCUT2D eigenvalue weighted by atomic mass is 9.71. The number of hydrogen-bond acceptors (Lipinski definition) is 2. The van der Waals surface area contributed by atoms with Crippen LogP contribution in [0.1, 0.15) is 72.3 Å². The average molecular weight is 521 g/mol. The number of benzene rings is 2. The standard InChI is InChI=1S/C28H26F6N2O/c1-18(21-14-23(27(29,30)31)16-24(15-21)28(32,33)34)25(37)36-26(22-7-3-2-4-8-22)11-9-19(10-12-26)20-6-5-13-35-17-20/h2-8,13-19H,9-12H2,1H3,(H,36,37)/t18?,19-,26-. The molecule has 1 aliphatic carbocycles. The second-order valence-electron chi connectivity index (χ2n) is 9.56. The maximum Gasteiger partial charge on any atom is 0.416 e. The summed E-state index contributed by atoms with van der Waals surface area (Å²) in [5.74, 6) is -1.63. The summed E-state index contributed by atoms with van der Waals surface area (Å²) in [6.45, 7) is 1.32. The number of carbonyl (C=O) groups excluding carboxylic acids is 1. The molecule has 4 rings (SSSR count). The van der Waals surface area contributed by atoms with E-state index in [1.54, 1.807) is 6.20 Å². The fourth-order valence-corrected chi connectivity index (χ4v) is 5.03. The van der Waals surface area contributed by atoms with Crippen LogP contribution in [-0.4, -0.2) is 10.9 Å². The minimum Gasteiger partial charge on any atom is -0.346 e. The molecule has 0 bridgehead atoms. The third-order valence-electron chi connectivity index (χ3n) is 7.19. The predicted molar refractivity (Wildman–Crippen MR) is 127 cm³/mol. The molecule has 37 heavy (non-hydrogen) atoms. The number of nitrogens with zero attached hydrogens (tertiary/aromatic N) is 1. The summed E-state index contributed by atoms with van der Waals surface area (Å²) in [4.78, 5) is 17.6. The van der Waals surface area contributed by atoms with Gasteiger partial charge >= 0.3 is 12.4 Å². The number of rotatable bonds is 5. The number of amides is 1. The van der Waals surface area contributed by atoms with Crippen LogP contribution in [0.2, 0.25) is 0 Å². The Balaban J connectivity index is 1.63. The number of halogens is 6. The first-order valence-corrected chi connectivity index (χ1v) is 12.0. The fourth-order valence-electron chi connectivity index (χ4n) is 5.03. The summed E-state index contributed by atoms with van der Waals surface area (Å²) < 4.78 is 80.2. The minimum absolute atomic E-state index is 0.0687. The maximum absolute atomic E-state index is 13.4. The second kappa shape index (κ2) is 10.2. The lowest BCUT2D eigenvalue weighted by Gasteiger charge is -2.42. The molecular weight excluding hydrogens is 494 g/mol. The van der Waals surface area contributed by atoms with Crippen LogP contribution in [0.5, 0.6) is 0 Å². The van der Waals surface area contributed by atoms with Gasteiger partial charge in [0.25, 0.3) is 0 Å². The molecule has 1 aliphatic rings. The van der Waals surface area contributed by atoms with E-state index in [0.29, 0.717) is 25.0 Å². The molecule has 9 heteroatoms. The molecule has 1 aromatic heterocycles. The number of nitrogens with one attached hydrogen (secondary N) is 1. The summed E-state index contributed by atoms with van der Waals surface area (Å²) in [5.41, 5.74) is -2.07. The van der Waals surface area contributed by atoms with E-state index in [4.69, 9.17) is 0 Å². The van der Waals surface area contributed by atoms with Crippen LogP contribution < -0.4 is 5.32 Å². The van der Waals surface area contributed by atoms with E-state index in [0.717, 1.165) is 24.0 Å². The van der Waals surface area contributed by atoms with Crippen LogP contribution in [-0.2, 0) is 22.7 Å². The van der Waals surface area contributed by atoms with Crippen LogP contribution in [0, 0.1) is 0 Å². The Hall–Kier alpha value is -3.36. The van der Waals surface area contributed by atoms with Crippen molar-refractivity contribution in [3.05, 3.63) is 101 Å². The highest BCUT2D eigenvalue weighted by atomic mass is 19.4. The summed E-state index contributed by atoms with van der Waals surface area (Å²) in [5, 5.41) is 3.02. The highest BCUT2D eigenvalue weighted by Crippen LogP contribution is 2.44. The van der Waals surface area contributed by atoms with Gasteiger partial charge in [-0.3, -0.25) is 9.78 Å². The Morgan fingerprint density at radius 1 is 0.919 bits per heavy atom. The van der Waals surface area contributed by atoms with Crippen molar-refractivity contribution in [1.82, 2.24) is 10.3 Å². The van der Waals surface area contributed by atoms with E-state index in [1.807, 2.05) is 48.7 Å². The van der Waals surface area contributed by atoms with E-state index < -0.39 is 40.8 Å². The summed E-state index contributed by atoms with van der Waals surface area (Å²) in [6, 6.07) is 14.4. The molecule has 1 saturated carbocycles. The zero-order valence-corrected chi connectivity index (χ0v) is 20.0. The van der Waals surface area contributed by atoms with E-state index in [-0.39, 0.29) is 17.5 Å². The van der Waals surface area contributed by atoms with Crippen LogP contribution in [0.3, 0.4) is 0 Å². The molecule has 2 aromatic carbocycles. The molecule has 1 N–H and O–H groups in total. The third kappa shape index (κ3) is 5.97. The summed E-state index contributed by atoms with van der Waals surface area (Å²) >= 11 is 0. The van der Waals surface area contributed by atoms with Crippen molar-refractivity contribution >= 4 is 5.91 Å². The average Bonchev–Trinajstić information content (AvgIpc) is 2.88. The smallest absolute Gasteiger partial charge is 0.346 e. The van der Waals surface area contributed by atoms with Gasteiger partial charge in [0, 0.05) is 12.4 Å². The summed E-state index contributed by atoms with van der Waals surface area (Å²) in [7, 11) is 0. The second-order valence-corrected chi connectivity index (χ2v) is 9.56. The van der Waals surface area contributed by atoms with Crippen LogP contribution in [0.4, 0.5) is 26.3 Å². The van der Waals surface area contributed by atoms with Gasteiger partial charge < -0.3 is 5.32 Å². The number of carbonyl (C=O) groups is 1. The number of hydrogen-bond donors (Lipinski definition) is 1. The SMILES string of the molecule is CC(C(=O)N[C@]1(c2ccccc2)CC[C@@H](c2cccnc2)CC1)c1cc(C(F)(F)F)cc(C(F)(F)F)c1. The summed E-state index contributed by atoms with van der Waals surface area (Å²) in [6.07, 6.45) is -3.87. The molecule has 0 spiro atoms. The van der Waals surface area contributed by atoms with Crippen molar-refractivity contribution in [2.24, 2.45) is 0 Å². The monoisotopic (exact) mass is 520 g/mol. The van der Waals surface area contributed by atoms with Crippen LogP contribution in [0.25, 0.3) is 0 Å². The largest absolute Gasteiger partial charge is 0.416 e. The van der Waals surface area contributed by atoms with Gasteiger partial charge in [-0.25, -0.2) is 0 Å². The molecule has 1 amide bonds. The Bertz CT molecular complexity index is 1180. The Labute approximate surface area is 210 Å². The molecular formula is C28H26F6N2O. The molecule has 1 fully saturated rings. The first-order chi connectivity index (χ1) is 17.4. The van der Waals surface area contributed by atoms with Crippen molar-refractivity contribution in [3.8, 4) is 0 Å². The molecule has 0 aliphatic heterocycles. The Morgan fingerprint density at radius 3 is 2.03 bits per heavy atom. The molecule has 1 atom stereocenters. The van der Waals surface area contributed by atoms with E-state index in [2.05, 4.69) is 10.3 Å². The normalized spacial score (nSPS) is 21.3. The van der Waals surface area contributed by atoms with E-state index in [9.17, 15) is 31.1 Å². The number of alkyl halides is 6. The third-order valence-corrected chi connectivity index (χ3v) is 7.19. The quantitative estimate of drug-likeness (QED) is 0.352. The highest BCUT2D eigenvalue weighted by molar-refractivity contribution is 5.84. The molecule has 3 nitrogen and oxygen atoms in total.